The first-order chi connectivity index (χ1) is 14.4. The number of hydrogen-bond acceptors (Lipinski definition) is 6. The van der Waals surface area contributed by atoms with Crippen LogP contribution in [0.5, 0.6) is 5.75 Å². The van der Waals surface area contributed by atoms with E-state index in [-0.39, 0.29) is 5.69 Å². The van der Waals surface area contributed by atoms with E-state index in [1.807, 2.05) is 31.2 Å². The molecule has 154 valence electrons. The normalized spacial score (nSPS) is 11.2. The largest absolute Gasteiger partial charge is 0.494 e. The molecular weight excluding hydrogens is 386 g/mol. The molecule has 0 saturated carbocycles. The van der Waals surface area contributed by atoms with E-state index < -0.39 is 10.8 Å². The van der Waals surface area contributed by atoms with Crippen molar-refractivity contribution >= 4 is 17.3 Å². The van der Waals surface area contributed by atoms with Gasteiger partial charge in [-0.1, -0.05) is 0 Å². The molecule has 0 fully saturated rings. The van der Waals surface area contributed by atoms with Crippen LogP contribution in [-0.2, 0) is 0 Å². The average Bonchev–Trinajstić information content (AvgIpc) is 3.14. The number of carbonyl (C=O) groups excluding carboxylic acids is 1. The zero-order valence-corrected chi connectivity index (χ0v) is 16.8. The van der Waals surface area contributed by atoms with Crippen molar-refractivity contribution in [3.63, 3.8) is 0 Å². The van der Waals surface area contributed by atoms with E-state index >= 15 is 0 Å². The minimum atomic E-state index is -0.471. The molecule has 3 rings (SSSR count). The Balaban J connectivity index is 1.72. The lowest BCUT2D eigenvalue weighted by Crippen LogP contribution is -2.20. The molecule has 9 nitrogen and oxygen atoms in total. The highest BCUT2D eigenvalue weighted by molar-refractivity contribution is 6.01. The van der Waals surface area contributed by atoms with Crippen LogP contribution >= 0.6 is 0 Å². The van der Waals surface area contributed by atoms with Gasteiger partial charge in [-0.3, -0.25) is 20.0 Å². The molecule has 0 radical (unpaired) electrons. The summed E-state index contributed by atoms with van der Waals surface area (Å²) in [5.74, 6) is 0.335. The maximum absolute atomic E-state index is 12.5. The first-order valence-electron chi connectivity index (χ1n) is 9.28. The van der Waals surface area contributed by atoms with Crippen molar-refractivity contribution in [1.82, 2.24) is 15.6 Å². The van der Waals surface area contributed by atoms with Crippen LogP contribution in [0.15, 0.2) is 53.6 Å². The maximum Gasteiger partial charge on any atom is 0.289 e. The third kappa shape index (κ3) is 4.52. The SMILES string of the molecule is CCOc1ccc(-c2n[nH]c(C(=O)N/N=C(/C)c3ccc([N+](=O)[O-])cc3)c2C)cc1. The van der Waals surface area contributed by atoms with Crippen molar-refractivity contribution in [3.05, 3.63) is 75.5 Å². The van der Waals surface area contributed by atoms with Crippen LogP contribution in [0.2, 0.25) is 0 Å². The van der Waals surface area contributed by atoms with E-state index in [0.29, 0.717) is 34.8 Å². The molecule has 0 bridgehead atoms. The number of aromatic amines is 1. The number of ether oxygens (including phenoxy) is 1. The monoisotopic (exact) mass is 407 g/mol. The van der Waals surface area contributed by atoms with Crippen LogP contribution < -0.4 is 10.2 Å². The van der Waals surface area contributed by atoms with Gasteiger partial charge in [0, 0.05) is 23.3 Å². The fourth-order valence-electron chi connectivity index (χ4n) is 2.86. The van der Waals surface area contributed by atoms with Gasteiger partial charge in [-0.15, -0.1) is 0 Å². The summed E-state index contributed by atoms with van der Waals surface area (Å²) >= 11 is 0. The van der Waals surface area contributed by atoms with Crippen molar-refractivity contribution in [2.75, 3.05) is 6.61 Å². The highest BCUT2D eigenvalue weighted by atomic mass is 16.6. The minimum Gasteiger partial charge on any atom is -0.494 e. The van der Waals surface area contributed by atoms with Crippen LogP contribution in [0.4, 0.5) is 5.69 Å². The van der Waals surface area contributed by atoms with Gasteiger partial charge in [0.1, 0.15) is 11.4 Å². The number of aromatic nitrogens is 2. The van der Waals surface area contributed by atoms with Crippen LogP contribution in [-0.4, -0.2) is 33.3 Å². The predicted octanol–water partition coefficient (Wildman–Crippen LogP) is 3.85. The van der Waals surface area contributed by atoms with Gasteiger partial charge in [0.2, 0.25) is 0 Å². The van der Waals surface area contributed by atoms with Gasteiger partial charge in [0.15, 0.2) is 0 Å². The van der Waals surface area contributed by atoms with Crippen molar-refractivity contribution in [2.45, 2.75) is 20.8 Å². The molecule has 9 heteroatoms. The van der Waals surface area contributed by atoms with Crippen molar-refractivity contribution in [3.8, 4) is 17.0 Å². The Morgan fingerprint density at radius 1 is 1.20 bits per heavy atom. The fourth-order valence-corrected chi connectivity index (χ4v) is 2.86. The lowest BCUT2D eigenvalue weighted by atomic mass is 10.1. The number of hydrogen-bond donors (Lipinski definition) is 2. The number of non-ortho nitro benzene ring substituents is 1. The molecule has 0 atom stereocenters. The Morgan fingerprint density at radius 3 is 2.47 bits per heavy atom. The van der Waals surface area contributed by atoms with Gasteiger partial charge < -0.3 is 4.74 Å². The molecule has 30 heavy (non-hydrogen) atoms. The van der Waals surface area contributed by atoms with Gasteiger partial charge in [-0.25, -0.2) is 5.43 Å². The summed E-state index contributed by atoms with van der Waals surface area (Å²) in [5.41, 5.74) is 6.18. The van der Waals surface area contributed by atoms with E-state index in [4.69, 9.17) is 4.74 Å². The molecule has 3 aromatic rings. The Morgan fingerprint density at radius 2 is 1.87 bits per heavy atom. The highest BCUT2D eigenvalue weighted by Crippen LogP contribution is 2.25. The lowest BCUT2D eigenvalue weighted by Gasteiger charge is -2.04. The lowest BCUT2D eigenvalue weighted by molar-refractivity contribution is -0.384. The number of nitrogens with zero attached hydrogens (tertiary/aromatic N) is 3. The summed E-state index contributed by atoms with van der Waals surface area (Å²) in [6, 6.07) is 13.4. The molecule has 0 spiro atoms. The topological polar surface area (TPSA) is 123 Å². The van der Waals surface area contributed by atoms with Crippen LogP contribution in [0.1, 0.15) is 35.5 Å². The molecule has 2 N–H and O–H groups in total. The van der Waals surface area contributed by atoms with Crippen LogP contribution in [0.3, 0.4) is 0 Å². The summed E-state index contributed by atoms with van der Waals surface area (Å²) in [4.78, 5) is 22.8. The van der Waals surface area contributed by atoms with E-state index in [0.717, 1.165) is 11.3 Å². The van der Waals surface area contributed by atoms with Crippen molar-refractivity contribution in [1.29, 1.82) is 0 Å². The Bertz CT molecular complexity index is 1090. The third-order valence-corrected chi connectivity index (χ3v) is 4.50. The molecule has 0 aliphatic rings. The number of nitro groups is 1. The van der Waals surface area contributed by atoms with E-state index in [1.54, 1.807) is 26.0 Å². The van der Waals surface area contributed by atoms with E-state index in [9.17, 15) is 14.9 Å². The second kappa shape index (κ2) is 8.99. The molecule has 0 unspecified atom stereocenters. The average molecular weight is 407 g/mol. The maximum atomic E-state index is 12.5. The van der Waals surface area contributed by atoms with Gasteiger partial charge in [0.05, 0.1) is 22.9 Å². The fraction of sp³-hybridized carbons (Fsp3) is 0.190. The molecule has 0 aliphatic heterocycles. The van der Waals surface area contributed by atoms with E-state index in [1.165, 1.54) is 12.1 Å². The number of amides is 1. The third-order valence-electron chi connectivity index (χ3n) is 4.50. The summed E-state index contributed by atoms with van der Waals surface area (Å²) in [6.45, 7) is 6.01. The summed E-state index contributed by atoms with van der Waals surface area (Å²) in [6.07, 6.45) is 0. The second-order valence-corrected chi connectivity index (χ2v) is 6.47. The summed E-state index contributed by atoms with van der Waals surface area (Å²) in [7, 11) is 0. The second-order valence-electron chi connectivity index (χ2n) is 6.47. The number of carbonyl (C=O) groups is 1. The summed E-state index contributed by atoms with van der Waals surface area (Å²) in [5, 5.41) is 21.8. The van der Waals surface area contributed by atoms with Crippen molar-refractivity contribution in [2.24, 2.45) is 5.10 Å². The van der Waals surface area contributed by atoms with Crippen LogP contribution in [0.25, 0.3) is 11.3 Å². The first kappa shape index (κ1) is 20.7. The molecule has 0 saturated heterocycles. The number of benzene rings is 2. The molecule has 1 amide bonds. The van der Waals surface area contributed by atoms with Gasteiger partial charge in [-0.2, -0.15) is 10.2 Å². The van der Waals surface area contributed by atoms with Gasteiger partial charge >= 0.3 is 0 Å². The quantitative estimate of drug-likeness (QED) is 0.350. The molecule has 0 aliphatic carbocycles. The summed E-state index contributed by atoms with van der Waals surface area (Å²) < 4.78 is 5.44. The Kier molecular flexibility index (Phi) is 6.21. The smallest absolute Gasteiger partial charge is 0.289 e. The minimum absolute atomic E-state index is 0.00881. The number of nitro benzene ring substituents is 1. The number of hydrazone groups is 1. The molecule has 1 aromatic heterocycles. The highest BCUT2D eigenvalue weighted by Gasteiger charge is 2.17. The van der Waals surface area contributed by atoms with E-state index in [2.05, 4.69) is 20.7 Å². The Labute approximate surface area is 172 Å². The number of rotatable bonds is 7. The van der Waals surface area contributed by atoms with Gasteiger partial charge in [-0.05, 0) is 62.7 Å². The molecular formula is C21H21N5O4. The standard InChI is InChI=1S/C21H21N5O4/c1-4-30-18-11-7-16(8-12-18)19-13(2)20(24-23-19)21(27)25-22-14(3)15-5-9-17(10-6-15)26(28)29/h5-12H,4H2,1-3H3,(H,23,24)(H,25,27)/b22-14-. The zero-order valence-electron chi connectivity index (χ0n) is 16.8. The predicted molar refractivity (Wildman–Crippen MR) is 113 cm³/mol. The van der Waals surface area contributed by atoms with Gasteiger partial charge in [0.25, 0.3) is 11.6 Å². The van der Waals surface area contributed by atoms with Crippen LogP contribution in [0, 0.1) is 17.0 Å². The molecule has 1 heterocycles. The van der Waals surface area contributed by atoms with Crippen molar-refractivity contribution < 1.29 is 14.5 Å². The number of H-pyrrole nitrogens is 1. The number of nitrogens with one attached hydrogen (secondary N) is 2. The zero-order chi connectivity index (χ0) is 21.7. The first-order valence-corrected chi connectivity index (χ1v) is 9.28. The molecule has 2 aromatic carbocycles. The Hall–Kier alpha value is -4.01.